The molecule has 0 aliphatic rings. The van der Waals surface area contributed by atoms with Crippen LogP contribution in [0.15, 0.2) is 12.4 Å². The van der Waals surface area contributed by atoms with E-state index < -0.39 is 0 Å². The topological polar surface area (TPSA) is 39.1 Å². The summed E-state index contributed by atoms with van der Waals surface area (Å²) in [6.07, 6.45) is 4.25. The van der Waals surface area contributed by atoms with E-state index in [-0.39, 0.29) is 0 Å². The Bertz CT molecular complexity index is 296. The summed E-state index contributed by atoms with van der Waals surface area (Å²) >= 11 is 0. The molecule has 0 aliphatic carbocycles. The quantitative estimate of drug-likeness (QED) is 0.716. The molecule has 16 heavy (non-hydrogen) atoms. The fraction of sp³-hybridized carbons (Fsp3) is 0.750. The van der Waals surface area contributed by atoms with Crippen LogP contribution in [0.1, 0.15) is 26.3 Å². The molecular weight excluding hydrogens is 202 g/mol. The van der Waals surface area contributed by atoms with E-state index in [0.29, 0.717) is 12.1 Å². The van der Waals surface area contributed by atoms with Crippen molar-refractivity contribution >= 4 is 0 Å². The van der Waals surface area contributed by atoms with Gasteiger partial charge in [-0.3, -0.25) is 4.68 Å². The van der Waals surface area contributed by atoms with Crippen LogP contribution < -0.4 is 5.32 Å². The monoisotopic (exact) mass is 225 g/mol. The molecule has 4 heteroatoms. The first-order valence-corrected chi connectivity index (χ1v) is 5.92. The predicted molar refractivity (Wildman–Crippen MR) is 65.5 cm³/mol. The molecule has 1 heterocycles. The van der Waals surface area contributed by atoms with Gasteiger partial charge in [0.15, 0.2) is 0 Å². The maximum absolute atomic E-state index is 5.46. The Morgan fingerprint density at radius 3 is 2.75 bits per heavy atom. The summed E-state index contributed by atoms with van der Waals surface area (Å²) in [4.78, 5) is 0. The summed E-state index contributed by atoms with van der Waals surface area (Å²) in [6, 6.07) is 0.412. The van der Waals surface area contributed by atoms with E-state index >= 15 is 0 Å². The third-order valence-electron chi connectivity index (χ3n) is 2.27. The lowest BCUT2D eigenvalue weighted by Crippen LogP contribution is -2.33. The van der Waals surface area contributed by atoms with E-state index in [4.69, 9.17) is 4.74 Å². The fourth-order valence-corrected chi connectivity index (χ4v) is 1.51. The summed E-state index contributed by atoms with van der Waals surface area (Å²) in [7, 11) is 0. The molecule has 0 unspecified atom stereocenters. The van der Waals surface area contributed by atoms with Crippen LogP contribution in [0.25, 0.3) is 0 Å². The van der Waals surface area contributed by atoms with Crippen LogP contribution in [0.3, 0.4) is 0 Å². The summed E-state index contributed by atoms with van der Waals surface area (Å²) in [5, 5.41) is 7.67. The highest BCUT2D eigenvalue weighted by Gasteiger charge is 2.03. The molecule has 1 aromatic rings. The van der Waals surface area contributed by atoms with Gasteiger partial charge in [-0.15, -0.1) is 0 Å². The van der Waals surface area contributed by atoms with Gasteiger partial charge in [0, 0.05) is 18.8 Å². The van der Waals surface area contributed by atoms with Crippen molar-refractivity contribution in [1.29, 1.82) is 0 Å². The Labute approximate surface area is 98.0 Å². The lowest BCUT2D eigenvalue weighted by atomic mass is 10.3. The van der Waals surface area contributed by atoms with Crippen LogP contribution in [0.5, 0.6) is 0 Å². The van der Waals surface area contributed by atoms with Crippen LogP contribution in [-0.4, -0.2) is 35.1 Å². The molecule has 0 aliphatic heterocycles. The van der Waals surface area contributed by atoms with Gasteiger partial charge in [0.1, 0.15) is 0 Å². The zero-order valence-electron chi connectivity index (χ0n) is 10.7. The third-order valence-corrected chi connectivity index (χ3v) is 2.27. The van der Waals surface area contributed by atoms with E-state index in [0.717, 1.165) is 19.7 Å². The van der Waals surface area contributed by atoms with Crippen LogP contribution >= 0.6 is 0 Å². The lowest BCUT2D eigenvalue weighted by Gasteiger charge is -2.14. The Balaban J connectivity index is 2.13. The number of hydrogen-bond acceptors (Lipinski definition) is 3. The first-order valence-electron chi connectivity index (χ1n) is 5.92. The number of aryl methyl sites for hydroxylation is 1. The molecule has 0 fully saturated rings. The van der Waals surface area contributed by atoms with E-state index in [9.17, 15) is 0 Å². The van der Waals surface area contributed by atoms with Crippen LogP contribution in [-0.2, 0) is 11.3 Å². The van der Waals surface area contributed by atoms with E-state index in [2.05, 4.69) is 44.3 Å². The van der Waals surface area contributed by atoms with Crippen molar-refractivity contribution in [3.05, 3.63) is 18.0 Å². The molecule has 0 radical (unpaired) electrons. The minimum Gasteiger partial charge on any atom is -0.377 e. The maximum atomic E-state index is 5.46. The minimum atomic E-state index is 0.311. The summed E-state index contributed by atoms with van der Waals surface area (Å²) in [6.45, 7) is 10.9. The van der Waals surface area contributed by atoms with Crippen LogP contribution in [0.4, 0.5) is 0 Å². The second kappa shape index (κ2) is 6.66. The zero-order valence-corrected chi connectivity index (χ0v) is 10.7. The van der Waals surface area contributed by atoms with Crippen molar-refractivity contribution in [2.45, 2.75) is 46.4 Å². The van der Waals surface area contributed by atoms with Crippen molar-refractivity contribution in [2.75, 3.05) is 13.2 Å². The van der Waals surface area contributed by atoms with Gasteiger partial charge in [-0.2, -0.15) is 5.10 Å². The van der Waals surface area contributed by atoms with Crippen molar-refractivity contribution in [3.63, 3.8) is 0 Å². The summed E-state index contributed by atoms with van der Waals surface area (Å²) in [5.41, 5.74) is 1.20. The van der Waals surface area contributed by atoms with E-state index in [1.807, 2.05) is 10.9 Å². The fourth-order valence-electron chi connectivity index (χ4n) is 1.51. The van der Waals surface area contributed by atoms with Crippen molar-refractivity contribution < 1.29 is 4.74 Å². The van der Waals surface area contributed by atoms with Gasteiger partial charge < -0.3 is 10.1 Å². The third kappa shape index (κ3) is 5.28. The average molecular weight is 225 g/mol. The Morgan fingerprint density at radius 1 is 1.44 bits per heavy atom. The standard InChI is InChI=1S/C12H23N3O/c1-10(2)16-6-5-13-12(4)9-15-8-11(3)7-14-15/h7-8,10,12-13H,5-6,9H2,1-4H3/t12-/m0/s1. The number of hydrogen-bond donors (Lipinski definition) is 1. The molecule has 0 amide bonds. The molecule has 4 nitrogen and oxygen atoms in total. The highest BCUT2D eigenvalue weighted by atomic mass is 16.5. The largest absolute Gasteiger partial charge is 0.377 e. The molecule has 0 aromatic carbocycles. The molecule has 0 spiro atoms. The van der Waals surface area contributed by atoms with Crippen molar-refractivity contribution in [2.24, 2.45) is 0 Å². The number of ether oxygens (including phenoxy) is 1. The van der Waals surface area contributed by atoms with Gasteiger partial charge >= 0.3 is 0 Å². The van der Waals surface area contributed by atoms with Crippen molar-refractivity contribution in [1.82, 2.24) is 15.1 Å². The highest BCUT2D eigenvalue weighted by molar-refractivity contribution is 4.99. The number of rotatable bonds is 7. The number of nitrogens with one attached hydrogen (secondary N) is 1. The van der Waals surface area contributed by atoms with Crippen LogP contribution in [0.2, 0.25) is 0 Å². The second-order valence-corrected chi connectivity index (χ2v) is 4.51. The van der Waals surface area contributed by atoms with Gasteiger partial charge in [-0.25, -0.2) is 0 Å². The first-order chi connectivity index (χ1) is 7.58. The predicted octanol–water partition coefficient (Wildman–Crippen LogP) is 1.59. The number of aromatic nitrogens is 2. The molecule has 0 saturated carbocycles. The molecular formula is C12H23N3O. The normalized spacial score (nSPS) is 13.3. The smallest absolute Gasteiger partial charge is 0.0594 e. The van der Waals surface area contributed by atoms with Gasteiger partial charge in [-0.05, 0) is 33.3 Å². The molecule has 1 rings (SSSR count). The zero-order chi connectivity index (χ0) is 12.0. The first kappa shape index (κ1) is 13.2. The molecule has 0 bridgehead atoms. The maximum Gasteiger partial charge on any atom is 0.0594 e. The SMILES string of the molecule is Cc1cnn(C[C@H](C)NCCOC(C)C)c1. The minimum absolute atomic E-state index is 0.311. The average Bonchev–Trinajstić information content (AvgIpc) is 2.58. The van der Waals surface area contributed by atoms with Gasteiger partial charge in [0.05, 0.1) is 25.5 Å². The van der Waals surface area contributed by atoms with Crippen LogP contribution in [0, 0.1) is 6.92 Å². The number of nitrogens with zero attached hydrogens (tertiary/aromatic N) is 2. The molecule has 1 N–H and O–H groups in total. The van der Waals surface area contributed by atoms with Gasteiger partial charge in [0.2, 0.25) is 0 Å². The van der Waals surface area contributed by atoms with Gasteiger partial charge in [0.25, 0.3) is 0 Å². The summed E-state index contributed by atoms with van der Waals surface area (Å²) in [5.74, 6) is 0. The van der Waals surface area contributed by atoms with Gasteiger partial charge in [-0.1, -0.05) is 0 Å². The van der Waals surface area contributed by atoms with Crippen molar-refractivity contribution in [3.8, 4) is 0 Å². The van der Waals surface area contributed by atoms with E-state index in [1.165, 1.54) is 5.56 Å². The lowest BCUT2D eigenvalue weighted by molar-refractivity contribution is 0.0792. The molecule has 1 atom stereocenters. The molecule has 0 saturated heterocycles. The van der Waals surface area contributed by atoms with E-state index in [1.54, 1.807) is 0 Å². The summed E-state index contributed by atoms with van der Waals surface area (Å²) < 4.78 is 7.43. The molecule has 1 aromatic heterocycles. The second-order valence-electron chi connectivity index (χ2n) is 4.51. The molecule has 92 valence electrons. The highest BCUT2D eigenvalue weighted by Crippen LogP contribution is 1.96. The Hall–Kier alpha value is -0.870. The Kier molecular flexibility index (Phi) is 5.49. The Morgan fingerprint density at radius 2 is 2.19 bits per heavy atom.